The Morgan fingerprint density at radius 3 is 1.67 bits per heavy atom. The predicted molar refractivity (Wildman–Crippen MR) is 73.1 cm³/mol. The van der Waals surface area contributed by atoms with E-state index in [1.54, 1.807) is 0 Å². The van der Waals surface area contributed by atoms with E-state index in [-0.39, 0.29) is 13.0 Å². The maximum atomic E-state index is 10.3. The minimum atomic E-state index is -0.878. The number of hydrogen-bond donors (Lipinski definition) is 3. The molecule has 0 bridgehead atoms. The molecule has 124 valence electrons. The highest BCUT2D eigenvalue weighted by Gasteiger charge is 1.96. The van der Waals surface area contributed by atoms with E-state index >= 15 is 0 Å². The van der Waals surface area contributed by atoms with Gasteiger partial charge in [0, 0.05) is 6.54 Å². The van der Waals surface area contributed by atoms with Gasteiger partial charge in [0.25, 0.3) is 0 Å². The molecule has 0 aliphatic carbocycles. The molecule has 0 atom stereocenters. The van der Waals surface area contributed by atoms with Gasteiger partial charge < -0.3 is 35.1 Å². The Morgan fingerprint density at radius 2 is 1.24 bits per heavy atom. The predicted octanol–water partition coefficient (Wildman–Crippen LogP) is -0.804. The third kappa shape index (κ3) is 18.6. The van der Waals surface area contributed by atoms with Gasteiger partial charge in [0.15, 0.2) is 0 Å². The highest BCUT2D eigenvalue weighted by molar-refractivity contribution is 5.71. The molecule has 0 aromatic carbocycles. The van der Waals surface area contributed by atoms with Crippen LogP contribution < -0.4 is 11.1 Å². The third-order valence-corrected chi connectivity index (χ3v) is 2.12. The van der Waals surface area contributed by atoms with Gasteiger partial charge in [0.05, 0.1) is 59.3 Å². The first-order valence-corrected chi connectivity index (χ1v) is 6.69. The number of hydrogen-bond acceptors (Lipinski definition) is 6. The van der Waals surface area contributed by atoms with Gasteiger partial charge in [-0.3, -0.25) is 4.79 Å². The monoisotopic (exact) mass is 308 g/mol. The SMILES string of the molecule is NC(=O)NCCOCCOCCOCCOCCC(=O)O. The average Bonchev–Trinajstić information content (AvgIpc) is 2.42. The maximum absolute atomic E-state index is 10.3. The Hall–Kier alpha value is -1.42. The van der Waals surface area contributed by atoms with Crippen molar-refractivity contribution >= 4 is 12.0 Å². The molecule has 0 aromatic rings. The number of nitrogens with one attached hydrogen (secondary N) is 1. The fraction of sp³-hybridized carbons (Fsp3) is 0.833. The van der Waals surface area contributed by atoms with Crippen LogP contribution in [0.5, 0.6) is 0 Å². The van der Waals surface area contributed by atoms with Gasteiger partial charge in [-0.25, -0.2) is 4.79 Å². The van der Waals surface area contributed by atoms with Crippen molar-refractivity contribution in [1.82, 2.24) is 5.32 Å². The van der Waals surface area contributed by atoms with Crippen LogP contribution >= 0.6 is 0 Å². The van der Waals surface area contributed by atoms with Crippen LogP contribution in [0.2, 0.25) is 0 Å². The van der Waals surface area contributed by atoms with Gasteiger partial charge in [-0.05, 0) is 0 Å². The summed E-state index contributed by atoms with van der Waals surface area (Å²) in [5, 5.41) is 10.8. The molecule has 0 unspecified atom stereocenters. The second kappa shape index (κ2) is 15.0. The Morgan fingerprint density at radius 1 is 0.810 bits per heavy atom. The molecule has 9 nitrogen and oxygen atoms in total. The standard InChI is InChI=1S/C12H24N2O7/c13-12(17)14-2-4-19-6-8-21-10-9-20-7-5-18-3-1-11(15)16/h1-10H2,(H,15,16)(H3,13,14,17). The van der Waals surface area contributed by atoms with Crippen LogP contribution in [0, 0.1) is 0 Å². The number of primary amides is 1. The summed E-state index contributed by atoms with van der Waals surface area (Å²) in [7, 11) is 0. The molecule has 2 amide bonds. The van der Waals surface area contributed by atoms with Crippen molar-refractivity contribution in [3.8, 4) is 0 Å². The first-order chi connectivity index (χ1) is 10.1. The van der Waals surface area contributed by atoms with Crippen LogP contribution in [-0.2, 0) is 23.7 Å². The van der Waals surface area contributed by atoms with E-state index in [0.717, 1.165) is 0 Å². The Bertz CT molecular complexity index is 250. The van der Waals surface area contributed by atoms with Crippen LogP contribution in [-0.4, -0.2) is 76.5 Å². The Kier molecular flexibility index (Phi) is 14.0. The number of carbonyl (C=O) groups is 2. The molecular formula is C12H24N2O7. The fourth-order valence-electron chi connectivity index (χ4n) is 1.17. The topological polar surface area (TPSA) is 129 Å². The van der Waals surface area contributed by atoms with Crippen LogP contribution in [0.4, 0.5) is 4.79 Å². The number of nitrogens with two attached hydrogens (primary N) is 1. The van der Waals surface area contributed by atoms with Crippen molar-refractivity contribution in [3.05, 3.63) is 0 Å². The number of urea groups is 1. The molecule has 0 radical (unpaired) electrons. The largest absolute Gasteiger partial charge is 0.481 e. The summed E-state index contributed by atoms with van der Waals surface area (Å²) in [6.07, 6.45) is -0.00191. The van der Waals surface area contributed by atoms with E-state index in [0.29, 0.717) is 52.8 Å². The minimum Gasteiger partial charge on any atom is -0.481 e. The Balaban J connectivity index is 2.99. The average molecular weight is 308 g/mol. The van der Waals surface area contributed by atoms with Gasteiger partial charge in [-0.2, -0.15) is 0 Å². The highest BCUT2D eigenvalue weighted by atomic mass is 16.6. The smallest absolute Gasteiger partial charge is 0.312 e. The zero-order valence-electron chi connectivity index (χ0n) is 12.0. The van der Waals surface area contributed by atoms with E-state index in [2.05, 4.69) is 5.32 Å². The van der Waals surface area contributed by atoms with Crippen molar-refractivity contribution in [1.29, 1.82) is 0 Å². The molecule has 0 aliphatic rings. The number of carbonyl (C=O) groups excluding carboxylic acids is 1. The molecule has 9 heteroatoms. The molecule has 0 aliphatic heterocycles. The van der Waals surface area contributed by atoms with Gasteiger partial charge >= 0.3 is 12.0 Å². The number of rotatable bonds is 15. The van der Waals surface area contributed by atoms with Crippen LogP contribution in [0.25, 0.3) is 0 Å². The van der Waals surface area contributed by atoms with E-state index in [1.165, 1.54) is 0 Å². The molecule has 0 saturated heterocycles. The van der Waals surface area contributed by atoms with Crippen molar-refractivity contribution in [2.45, 2.75) is 6.42 Å². The summed E-state index contributed by atoms with van der Waals surface area (Å²) in [6, 6.07) is -0.570. The zero-order valence-corrected chi connectivity index (χ0v) is 12.0. The van der Waals surface area contributed by atoms with Gasteiger partial charge in [0.1, 0.15) is 0 Å². The van der Waals surface area contributed by atoms with Gasteiger partial charge in [-0.1, -0.05) is 0 Å². The number of ether oxygens (including phenoxy) is 4. The van der Waals surface area contributed by atoms with E-state index in [4.69, 9.17) is 29.8 Å². The third-order valence-electron chi connectivity index (χ3n) is 2.12. The van der Waals surface area contributed by atoms with E-state index in [1.807, 2.05) is 0 Å². The van der Waals surface area contributed by atoms with Gasteiger partial charge in [-0.15, -0.1) is 0 Å². The molecule has 0 saturated carbocycles. The summed E-state index contributed by atoms with van der Waals surface area (Å²) >= 11 is 0. The number of carboxylic acid groups (broad SMARTS) is 1. The molecule has 0 heterocycles. The molecule has 0 spiro atoms. The minimum absolute atomic E-state index is 0.00191. The van der Waals surface area contributed by atoms with E-state index < -0.39 is 12.0 Å². The van der Waals surface area contributed by atoms with Crippen molar-refractivity contribution in [3.63, 3.8) is 0 Å². The molecular weight excluding hydrogens is 284 g/mol. The maximum Gasteiger partial charge on any atom is 0.312 e. The van der Waals surface area contributed by atoms with Crippen LogP contribution in [0.1, 0.15) is 6.42 Å². The first kappa shape index (κ1) is 19.6. The lowest BCUT2D eigenvalue weighted by Gasteiger charge is -2.07. The van der Waals surface area contributed by atoms with Crippen molar-refractivity contribution < 1.29 is 33.6 Å². The molecule has 0 fully saturated rings. The van der Waals surface area contributed by atoms with E-state index in [9.17, 15) is 9.59 Å². The lowest BCUT2D eigenvalue weighted by Crippen LogP contribution is -2.32. The summed E-state index contributed by atoms with van der Waals surface area (Å²) < 4.78 is 20.7. The van der Waals surface area contributed by atoms with Crippen molar-refractivity contribution in [2.24, 2.45) is 5.73 Å². The summed E-state index contributed by atoms with van der Waals surface area (Å²) in [5.74, 6) is -0.878. The quantitative estimate of drug-likeness (QED) is 0.337. The highest BCUT2D eigenvalue weighted by Crippen LogP contribution is 1.85. The first-order valence-electron chi connectivity index (χ1n) is 6.69. The van der Waals surface area contributed by atoms with Crippen molar-refractivity contribution in [2.75, 3.05) is 59.4 Å². The normalized spacial score (nSPS) is 10.5. The second-order valence-electron chi connectivity index (χ2n) is 3.88. The Labute approximate surface area is 123 Å². The molecule has 0 aromatic heterocycles. The van der Waals surface area contributed by atoms with Gasteiger partial charge in [0.2, 0.25) is 0 Å². The number of amides is 2. The van der Waals surface area contributed by atoms with Crippen LogP contribution in [0.3, 0.4) is 0 Å². The summed E-state index contributed by atoms with van der Waals surface area (Å²) in [6.45, 7) is 3.47. The zero-order chi connectivity index (χ0) is 15.8. The second-order valence-corrected chi connectivity index (χ2v) is 3.88. The summed E-state index contributed by atoms with van der Waals surface area (Å²) in [4.78, 5) is 20.5. The molecule has 21 heavy (non-hydrogen) atoms. The lowest BCUT2D eigenvalue weighted by molar-refractivity contribution is -0.138. The summed E-state index contributed by atoms with van der Waals surface area (Å²) in [5.41, 5.74) is 4.87. The fourth-order valence-corrected chi connectivity index (χ4v) is 1.17. The number of aliphatic carboxylic acids is 1. The lowest BCUT2D eigenvalue weighted by atomic mass is 10.5. The molecule has 4 N–H and O–H groups in total. The number of carboxylic acids is 1. The molecule has 0 rings (SSSR count). The van der Waals surface area contributed by atoms with Crippen LogP contribution in [0.15, 0.2) is 0 Å².